The molecule has 1 nitrogen and oxygen atoms in total. The van der Waals surface area contributed by atoms with Crippen molar-refractivity contribution in [2.24, 2.45) is 0 Å². The highest BCUT2D eigenvalue weighted by Crippen LogP contribution is 2.25. The first kappa shape index (κ1) is 11.2. The second-order valence-electron chi connectivity index (χ2n) is 4.31. The Kier molecular flexibility index (Phi) is 5.01. The van der Waals surface area contributed by atoms with Crippen LogP contribution in [0.3, 0.4) is 0 Å². The Morgan fingerprint density at radius 2 is 2.07 bits per heavy atom. The van der Waals surface area contributed by atoms with Crippen LogP contribution in [0.5, 0.6) is 0 Å². The molecule has 3 heteroatoms. The molecule has 2 aliphatic rings. The SMILES string of the molecule is C1CCC(CNC2CCCSC2)SC1. The van der Waals surface area contributed by atoms with Gasteiger partial charge in [0.2, 0.25) is 0 Å². The topological polar surface area (TPSA) is 12.0 Å². The van der Waals surface area contributed by atoms with E-state index in [9.17, 15) is 0 Å². The molecule has 2 aliphatic heterocycles. The summed E-state index contributed by atoms with van der Waals surface area (Å²) in [4.78, 5) is 0. The van der Waals surface area contributed by atoms with E-state index in [0.29, 0.717) is 0 Å². The quantitative estimate of drug-likeness (QED) is 0.802. The summed E-state index contributed by atoms with van der Waals surface area (Å²) in [6.07, 6.45) is 7.17. The molecule has 14 heavy (non-hydrogen) atoms. The Morgan fingerprint density at radius 3 is 2.79 bits per heavy atom. The molecular weight excluding hydrogens is 210 g/mol. The van der Waals surface area contributed by atoms with E-state index in [4.69, 9.17) is 0 Å². The maximum absolute atomic E-state index is 3.75. The van der Waals surface area contributed by atoms with Crippen LogP contribution in [-0.2, 0) is 0 Å². The van der Waals surface area contributed by atoms with Crippen molar-refractivity contribution < 1.29 is 0 Å². The molecule has 2 heterocycles. The third-order valence-corrected chi connectivity index (χ3v) is 5.68. The third kappa shape index (κ3) is 3.67. The molecule has 2 fully saturated rings. The van der Waals surface area contributed by atoms with Gasteiger partial charge in [0.05, 0.1) is 0 Å². The predicted molar refractivity (Wildman–Crippen MR) is 68.4 cm³/mol. The van der Waals surface area contributed by atoms with Crippen LogP contribution >= 0.6 is 23.5 Å². The van der Waals surface area contributed by atoms with Gasteiger partial charge in [0, 0.05) is 23.6 Å². The summed E-state index contributed by atoms with van der Waals surface area (Å²) in [5, 5.41) is 4.66. The van der Waals surface area contributed by atoms with Crippen LogP contribution in [0.15, 0.2) is 0 Å². The van der Waals surface area contributed by atoms with Crippen molar-refractivity contribution in [3.05, 3.63) is 0 Å². The van der Waals surface area contributed by atoms with E-state index < -0.39 is 0 Å². The zero-order chi connectivity index (χ0) is 9.64. The maximum atomic E-state index is 3.75. The molecule has 0 bridgehead atoms. The smallest absolute Gasteiger partial charge is 0.0172 e. The van der Waals surface area contributed by atoms with Crippen LogP contribution in [0, 0.1) is 0 Å². The highest BCUT2D eigenvalue weighted by atomic mass is 32.2. The molecule has 0 saturated carbocycles. The molecule has 0 aromatic heterocycles. The Bertz CT molecular complexity index is 133. The summed E-state index contributed by atoms with van der Waals surface area (Å²) < 4.78 is 0. The number of hydrogen-bond acceptors (Lipinski definition) is 3. The van der Waals surface area contributed by atoms with Gasteiger partial charge in [-0.1, -0.05) is 6.42 Å². The second kappa shape index (κ2) is 6.29. The van der Waals surface area contributed by atoms with Gasteiger partial charge in [-0.2, -0.15) is 23.5 Å². The number of thioether (sulfide) groups is 2. The third-order valence-electron chi connectivity index (χ3n) is 3.07. The monoisotopic (exact) mass is 231 g/mol. The fraction of sp³-hybridized carbons (Fsp3) is 1.00. The molecular formula is C11H21NS2. The minimum Gasteiger partial charge on any atom is -0.312 e. The second-order valence-corrected chi connectivity index (χ2v) is 6.87. The van der Waals surface area contributed by atoms with Gasteiger partial charge in [-0.3, -0.25) is 0 Å². The average molecular weight is 231 g/mol. The first-order chi connectivity index (χ1) is 6.95. The van der Waals surface area contributed by atoms with E-state index in [0.717, 1.165) is 11.3 Å². The summed E-state index contributed by atoms with van der Waals surface area (Å²) >= 11 is 4.30. The molecule has 0 amide bonds. The summed E-state index contributed by atoms with van der Waals surface area (Å²) in [5.74, 6) is 4.12. The van der Waals surface area contributed by atoms with Gasteiger partial charge in [0.25, 0.3) is 0 Å². The van der Waals surface area contributed by atoms with Crippen molar-refractivity contribution >= 4 is 23.5 Å². The molecule has 0 spiro atoms. The summed E-state index contributed by atoms with van der Waals surface area (Å²) in [6, 6.07) is 0.816. The van der Waals surface area contributed by atoms with Gasteiger partial charge in [0.15, 0.2) is 0 Å². The lowest BCUT2D eigenvalue weighted by Gasteiger charge is -2.27. The molecule has 1 N–H and O–H groups in total. The molecule has 82 valence electrons. The minimum absolute atomic E-state index is 0.816. The van der Waals surface area contributed by atoms with Crippen LogP contribution in [0.25, 0.3) is 0 Å². The van der Waals surface area contributed by atoms with Crippen LogP contribution < -0.4 is 5.32 Å². The number of nitrogens with one attached hydrogen (secondary N) is 1. The van der Waals surface area contributed by atoms with Crippen LogP contribution in [-0.4, -0.2) is 35.1 Å². The van der Waals surface area contributed by atoms with Crippen LogP contribution in [0.2, 0.25) is 0 Å². The van der Waals surface area contributed by atoms with Crippen molar-refractivity contribution in [3.8, 4) is 0 Å². The zero-order valence-electron chi connectivity index (χ0n) is 8.84. The van der Waals surface area contributed by atoms with Crippen molar-refractivity contribution in [1.82, 2.24) is 5.32 Å². The largest absolute Gasteiger partial charge is 0.312 e. The minimum atomic E-state index is 0.816. The van der Waals surface area contributed by atoms with Gasteiger partial charge in [-0.15, -0.1) is 0 Å². The van der Waals surface area contributed by atoms with Crippen LogP contribution in [0.4, 0.5) is 0 Å². The molecule has 2 rings (SSSR count). The standard InChI is InChI=1S/C11H21NS2/c1-2-7-14-11(5-1)8-12-10-4-3-6-13-9-10/h10-12H,1-9H2. The molecule has 0 radical (unpaired) electrons. The highest BCUT2D eigenvalue weighted by molar-refractivity contribution is 8.00. The van der Waals surface area contributed by atoms with Crippen molar-refractivity contribution in [2.45, 2.75) is 43.4 Å². The Labute approximate surface area is 96.2 Å². The lowest BCUT2D eigenvalue weighted by molar-refractivity contribution is 0.492. The van der Waals surface area contributed by atoms with Gasteiger partial charge in [-0.25, -0.2) is 0 Å². The van der Waals surface area contributed by atoms with E-state index >= 15 is 0 Å². The van der Waals surface area contributed by atoms with E-state index in [1.54, 1.807) is 0 Å². The normalized spacial score (nSPS) is 34.3. The number of rotatable bonds is 3. The predicted octanol–water partition coefficient (Wildman–Crippen LogP) is 2.76. The van der Waals surface area contributed by atoms with Gasteiger partial charge in [0.1, 0.15) is 0 Å². The van der Waals surface area contributed by atoms with E-state index in [1.807, 2.05) is 0 Å². The van der Waals surface area contributed by atoms with E-state index in [1.165, 1.54) is 55.9 Å². The van der Waals surface area contributed by atoms with E-state index in [-0.39, 0.29) is 0 Å². The average Bonchev–Trinajstić information content (AvgIpc) is 2.29. The summed E-state index contributed by atoms with van der Waals surface area (Å²) in [5.41, 5.74) is 0. The lowest BCUT2D eigenvalue weighted by Crippen LogP contribution is -2.38. The highest BCUT2D eigenvalue weighted by Gasteiger charge is 2.17. The first-order valence-electron chi connectivity index (χ1n) is 5.88. The number of hydrogen-bond donors (Lipinski definition) is 1. The molecule has 2 unspecified atom stereocenters. The summed E-state index contributed by atoms with van der Waals surface area (Å²) in [6.45, 7) is 1.26. The first-order valence-corrected chi connectivity index (χ1v) is 8.08. The molecule has 0 aromatic carbocycles. The molecule has 0 aromatic rings. The zero-order valence-corrected chi connectivity index (χ0v) is 10.5. The van der Waals surface area contributed by atoms with Crippen molar-refractivity contribution in [3.63, 3.8) is 0 Å². The van der Waals surface area contributed by atoms with Gasteiger partial charge >= 0.3 is 0 Å². The summed E-state index contributed by atoms with van der Waals surface area (Å²) in [7, 11) is 0. The fourth-order valence-corrected chi connectivity index (χ4v) is 4.53. The van der Waals surface area contributed by atoms with Crippen LogP contribution in [0.1, 0.15) is 32.1 Å². The Balaban J connectivity index is 1.60. The van der Waals surface area contributed by atoms with Crippen molar-refractivity contribution in [1.29, 1.82) is 0 Å². The van der Waals surface area contributed by atoms with Gasteiger partial charge in [-0.05, 0) is 37.2 Å². The van der Waals surface area contributed by atoms with E-state index in [2.05, 4.69) is 28.8 Å². The van der Waals surface area contributed by atoms with Gasteiger partial charge < -0.3 is 5.32 Å². The molecule has 2 saturated heterocycles. The molecule has 2 atom stereocenters. The Morgan fingerprint density at radius 1 is 1.07 bits per heavy atom. The Hall–Kier alpha value is 0.660. The lowest BCUT2D eigenvalue weighted by atomic mass is 10.1. The fourth-order valence-electron chi connectivity index (χ4n) is 2.17. The maximum Gasteiger partial charge on any atom is 0.0172 e. The van der Waals surface area contributed by atoms with Crippen molar-refractivity contribution in [2.75, 3.05) is 23.8 Å². The molecule has 0 aliphatic carbocycles.